The fraction of sp³-hybridized carbons (Fsp3) is 0.500. The molecular weight excluding hydrogens is 460 g/mol. The Bertz CT molecular complexity index is 1110. The number of hydrogen-bond donors (Lipinski definition) is 2. The Labute approximate surface area is 202 Å². The molecule has 1 aliphatic heterocycles. The molecule has 1 spiro atoms. The predicted molar refractivity (Wildman–Crippen MR) is 130 cm³/mol. The Balaban J connectivity index is 1.40. The number of rotatable bonds is 5. The average Bonchev–Trinajstić information content (AvgIpc) is 3.21. The van der Waals surface area contributed by atoms with E-state index < -0.39 is 17.5 Å². The lowest BCUT2D eigenvalue weighted by Gasteiger charge is -2.43. The summed E-state index contributed by atoms with van der Waals surface area (Å²) in [5.41, 5.74) is 1.03. The summed E-state index contributed by atoms with van der Waals surface area (Å²) in [6.45, 7) is 7.95. The third kappa shape index (κ3) is 4.92. The van der Waals surface area contributed by atoms with Crippen molar-refractivity contribution in [2.75, 3.05) is 11.9 Å². The number of imide groups is 1. The molecule has 7 nitrogen and oxygen atoms in total. The van der Waals surface area contributed by atoms with Crippen molar-refractivity contribution in [2.45, 2.75) is 58.9 Å². The number of carbonyl (C=O) groups is 3. The van der Waals surface area contributed by atoms with Gasteiger partial charge >= 0.3 is 6.03 Å². The third-order valence-electron chi connectivity index (χ3n) is 6.36. The summed E-state index contributed by atoms with van der Waals surface area (Å²) >= 11 is 7.73. The molecular formula is C24H29ClN4O3S. The second kappa shape index (κ2) is 8.72. The number of hydrogen-bond acceptors (Lipinski definition) is 5. The predicted octanol–water partition coefficient (Wildman–Crippen LogP) is 4.77. The number of nitrogens with zero attached hydrogens (tertiary/aromatic N) is 2. The highest BCUT2D eigenvalue weighted by atomic mass is 35.5. The number of anilines is 1. The van der Waals surface area contributed by atoms with E-state index in [2.05, 4.69) is 36.4 Å². The monoisotopic (exact) mass is 488 g/mol. The first-order valence-electron chi connectivity index (χ1n) is 11.1. The molecule has 0 bridgehead atoms. The Hall–Kier alpha value is -2.45. The van der Waals surface area contributed by atoms with Gasteiger partial charge in [-0.25, -0.2) is 9.78 Å². The van der Waals surface area contributed by atoms with Crippen LogP contribution in [0.25, 0.3) is 0 Å². The van der Waals surface area contributed by atoms with E-state index in [1.165, 1.54) is 11.3 Å². The number of nitrogens with one attached hydrogen (secondary N) is 2. The molecule has 2 aromatic rings. The summed E-state index contributed by atoms with van der Waals surface area (Å²) in [4.78, 5) is 44.7. The molecule has 2 atom stereocenters. The maximum Gasteiger partial charge on any atom is 0.325 e. The highest BCUT2D eigenvalue weighted by Gasteiger charge is 2.56. The Kier molecular flexibility index (Phi) is 6.26. The van der Waals surface area contributed by atoms with Crippen molar-refractivity contribution in [3.63, 3.8) is 0 Å². The number of aromatic nitrogens is 1. The zero-order chi connectivity index (χ0) is 24.0. The summed E-state index contributed by atoms with van der Waals surface area (Å²) in [5, 5.41) is 6.77. The fourth-order valence-corrected chi connectivity index (χ4v) is 6.48. The molecule has 0 radical (unpaired) electrons. The highest BCUT2D eigenvalue weighted by molar-refractivity contribution is 7.15. The van der Waals surface area contributed by atoms with E-state index in [1.54, 1.807) is 6.20 Å². The topological polar surface area (TPSA) is 91.4 Å². The van der Waals surface area contributed by atoms with Gasteiger partial charge in [-0.1, -0.05) is 50.6 Å². The average molecular weight is 489 g/mol. The SMILES string of the molecule is Cc1cccc(Cc2cnc(NC(=O)CN3C(=O)NC4(CC(C)CC(C)(C)C4)C3=O)s2)c1Cl. The van der Waals surface area contributed by atoms with Crippen LogP contribution >= 0.6 is 22.9 Å². The molecule has 1 aliphatic carbocycles. The van der Waals surface area contributed by atoms with E-state index in [1.807, 2.05) is 25.1 Å². The van der Waals surface area contributed by atoms with Crippen molar-refractivity contribution in [1.82, 2.24) is 15.2 Å². The summed E-state index contributed by atoms with van der Waals surface area (Å²) in [5.74, 6) is -0.452. The molecule has 2 heterocycles. The Morgan fingerprint density at radius 3 is 2.82 bits per heavy atom. The van der Waals surface area contributed by atoms with Gasteiger partial charge in [0.15, 0.2) is 5.13 Å². The molecule has 176 valence electrons. The number of benzene rings is 1. The number of carbonyl (C=O) groups excluding carboxylic acids is 3. The van der Waals surface area contributed by atoms with Crippen LogP contribution in [0.5, 0.6) is 0 Å². The number of amides is 4. The lowest BCUT2D eigenvalue weighted by Crippen LogP contribution is -2.54. The second-order valence-electron chi connectivity index (χ2n) is 10.2. The van der Waals surface area contributed by atoms with Crippen molar-refractivity contribution in [1.29, 1.82) is 0 Å². The first-order chi connectivity index (χ1) is 15.5. The lowest BCUT2D eigenvalue weighted by molar-refractivity contribution is -0.136. The van der Waals surface area contributed by atoms with Crippen LogP contribution in [0.2, 0.25) is 5.02 Å². The van der Waals surface area contributed by atoms with Crippen molar-refractivity contribution < 1.29 is 14.4 Å². The van der Waals surface area contributed by atoms with Crippen LogP contribution in [-0.2, 0) is 16.0 Å². The van der Waals surface area contributed by atoms with E-state index in [9.17, 15) is 14.4 Å². The molecule has 1 aromatic heterocycles. The molecule has 1 saturated carbocycles. The van der Waals surface area contributed by atoms with Gasteiger partial charge in [0.05, 0.1) is 0 Å². The van der Waals surface area contributed by atoms with Crippen LogP contribution in [0.4, 0.5) is 9.93 Å². The summed E-state index contributed by atoms with van der Waals surface area (Å²) in [7, 11) is 0. The highest BCUT2D eigenvalue weighted by Crippen LogP contribution is 2.46. The molecule has 1 saturated heterocycles. The van der Waals surface area contributed by atoms with Gasteiger partial charge in [-0.15, -0.1) is 11.3 Å². The van der Waals surface area contributed by atoms with Crippen LogP contribution in [0.15, 0.2) is 24.4 Å². The zero-order valence-corrected chi connectivity index (χ0v) is 20.9. The standard InChI is InChI=1S/C24H29ClN4O3S/c1-14-9-23(3,4)13-24(10-14)20(31)29(22(32)28-24)12-18(30)27-21-26-11-17(33-21)8-16-7-5-6-15(2)19(16)25/h5-7,11,14H,8-10,12-13H2,1-4H3,(H,28,32)(H,26,27,30). The van der Waals surface area contributed by atoms with Crippen molar-refractivity contribution in [3.8, 4) is 0 Å². The van der Waals surface area contributed by atoms with Crippen molar-refractivity contribution in [2.24, 2.45) is 11.3 Å². The summed E-state index contributed by atoms with van der Waals surface area (Å²) < 4.78 is 0. The Morgan fingerprint density at radius 1 is 1.33 bits per heavy atom. The van der Waals surface area contributed by atoms with Gasteiger partial charge in [0, 0.05) is 22.5 Å². The van der Waals surface area contributed by atoms with E-state index >= 15 is 0 Å². The van der Waals surface area contributed by atoms with E-state index in [-0.39, 0.29) is 17.9 Å². The van der Waals surface area contributed by atoms with Crippen molar-refractivity contribution in [3.05, 3.63) is 45.4 Å². The first-order valence-corrected chi connectivity index (χ1v) is 12.3. The third-order valence-corrected chi connectivity index (χ3v) is 7.82. The first kappa shape index (κ1) is 23.7. The molecule has 2 fully saturated rings. The summed E-state index contributed by atoms with van der Waals surface area (Å²) in [6, 6.07) is 5.38. The smallest absolute Gasteiger partial charge is 0.323 e. The van der Waals surface area contributed by atoms with E-state index in [0.717, 1.165) is 32.3 Å². The quantitative estimate of drug-likeness (QED) is 0.593. The number of urea groups is 1. The Morgan fingerprint density at radius 2 is 2.09 bits per heavy atom. The number of thiazole rings is 1. The maximum absolute atomic E-state index is 13.2. The normalized spacial score (nSPS) is 24.3. The number of halogens is 1. The minimum atomic E-state index is -0.917. The van der Waals surface area contributed by atoms with Crippen LogP contribution in [-0.4, -0.2) is 39.8 Å². The minimum Gasteiger partial charge on any atom is -0.323 e. The molecule has 33 heavy (non-hydrogen) atoms. The molecule has 4 rings (SSSR count). The molecule has 9 heteroatoms. The number of aryl methyl sites for hydroxylation is 1. The molecule has 2 aliphatic rings. The maximum atomic E-state index is 13.2. The molecule has 1 aromatic carbocycles. The molecule has 4 amide bonds. The fourth-order valence-electron chi connectivity index (χ4n) is 5.43. The van der Waals surface area contributed by atoms with E-state index in [0.29, 0.717) is 30.3 Å². The van der Waals surface area contributed by atoms with Gasteiger partial charge in [0.25, 0.3) is 5.91 Å². The van der Waals surface area contributed by atoms with Gasteiger partial charge in [-0.3, -0.25) is 14.5 Å². The second-order valence-corrected chi connectivity index (χ2v) is 11.7. The summed E-state index contributed by atoms with van der Waals surface area (Å²) in [6.07, 6.45) is 4.48. The van der Waals surface area contributed by atoms with Gasteiger partial charge in [0.2, 0.25) is 5.91 Å². The molecule has 2 N–H and O–H groups in total. The van der Waals surface area contributed by atoms with Crippen LogP contribution in [0.1, 0.15) is 56.0 Å². The van der Waals surface area contributed by atoms with Gasteiger partial charge < -0.3 is 10.6 Å². The van der Waals surface area contributed by atoms with Gasteiger partial charge in [-0.05, 0) is 48.6 Å². The van der Waals surface area contributed by atoms with Gasteiger partial charge in [0.1, 0.15) is 12.1 Å². The van der Waals surface area contributed by atoms with Crippen LogP contribution in [0.3, 0.4) is 0 Å². The lowest BCUT2D eigenvalue weighted by atomic mass is 9.64. The largest absolute Gasteiger partial charge is 0.325 e. The van der Waals surface area contributed by atoms with Crippen molar-refractivity contribution >= 4 is 45.9 Å². The molecule has 2 unspecified atom stereocenters. The van der Waals surface area contributed by atoms with Crippen LogP contribution < -0.4 is 10.6 Å². The van der Waals surface area contributed by atoms with Gasteiger partial charge in [-0.2, -0.15) is 0 Å². The van der Waals surface area contributed by atoms with Crippen LogP contribution in [0, 0.1) is 18.3 Å². The van der Waals surface area contributed by atoms with E-state index in [4.69, 9.17) is 11.6 Å². The minimum absolute atomic E-state index is 0.0592. The zero-order valence-electron chi connectivity index (χ0n) is 19.3.